The maximum Gasteiger partial charge on any atom is 0.249 e. The van der Waals surface area contributed by atoms with E-state index in [-0.39, 0.29) is 18.1 Å². The lowest BCUT2D eigenvalue weighted by molar-refractivity contribution is -0.130. The second-order valence-corrected chi connectivity index (χ2v) is 3.60. The number of carbonyl (C=O) groups is 1. The topological polar surface area (TPSA) is 79.9 Å². The Balaban J connectivity index is 1.88. The summed E-state index contributed by atoms with van der Waals surface area (Å²) in [6.07, 6.45) is 2.88. The van der Waals surface area contributed by atoms with Crippen LogP contribution in [0.5, 0.6) is 0 Å². The Morgan fingerprint density at radius 3 is 3.27 bits per heavy atom. The van der Waals surface area contributed by atoms with Gasteiger partial charge in [0.25, 0.3) is 0 Å². The number of H-pyrrole nitrogens is 1. The Labute approximate surface area is 87.4 Å². The zero-order valence-electron chi connectivity index (χ0n) is 8.56. The lowest BCUT2D eigenvalue weighted by Gasteiger charge is -2.14. The second kappa shape index (κ2) is 4.39. The van der Waals surface area contributed by atoms with Crippen molar-refractivity contribution in [1.82, 2.24) is 20.5 Å². The molecule has 82 valence electrons. The first-order chi connectivity index (χ1) is 7.27. The number of aromatic amines is 1. The third kappa shape index (κ3) is 2.33. The van der Waals surface area contributed by atoms with Crippen LogP contribution in [0.25, 0.3) is 0 Å². The van der Waals surface area contributed by atoms with Gasteiger partial charge in [-0.1, -0.05) is 0 Å². The van der Waals surface area contributed by atoms with E-state index in [1.54, 1.807) is 0 Å². The number of nitrogens with one attached hydrogen (secondary N) is 2. The summed E-state index contributed by atoms with van der Waals surface area (Å²) >= 11 is 0. The molecule has 0 saturated carbocycles. The number of aromatic nitrogens is 3. The molecule has 2 atom stereocenters. The largest absolute Gasteiger partial charge is 0.368 e. The Morgan fingerprint density at radius 1 is 1.80 bits per heavy atom. The van der Waals surface area contributed by atoms with Crippen molar-refractivity contribution in [2.24, 2.45) is 0 Å². The fraction of sp³-hybridized carbons (Fsp3) is 0.667. The molecule has 0 radical (unpaired) electrons. The number of nitrogens with zero attached hydrogens (tertiary/aromatic N) is 2. The Kier molecular flexibility index (Phi) is 2.96. The van der Waals surface area contributed by atoms with Gasteiger partial charge in [0.2, 0.25) is 5.91 Å². The van der Waals surface area contributed by atoms with E-state index in [9.17, 15) is 4.79 Å². The summed E-state index contributed by atoms with van der Waals surface area (Å²) in [7, 11) is 0. The minimum Gasteiger partial charge on any atom is -0.368 e. The average Bonchev–Trinajstić information content (AvgIpc) is 2.91. The van der Waals surface area contributed by atoms with Crippen LogP contribution >= 0.6 is 0 Å². The normalized spacial score (nSPS) is 22.6. The van der Waals surface area contributed by atoms with E-state index < -0.39 is 0 Å². The number of hydrogen-bond donors (Lipinski definition) is 2. The molecule has 1 unspecified atom stereocenters. The van der Waals surface area contributed by atoms with Crippen molar-refractivity contribution in [3.63, 3.8) is 0 Å². The van der Waals surface area contributed by atoms with Gasteiger partial charge in [0.1, 0.15) is 18.3 Å². The van der Waals surface area contributed by atoms with Gasteiger partial charge in [-0.15, -0.1) is 0 Å². The molecule has 1 saturated heterocycles. The quantitative estimate of drug-likeness (QED) is 0.744. The molecule has 6 nitrogen and oxygen atoms in total. The number of ether oxygens (including phenoxy) is 1. The minimum atomic E-state index is -0.296. The first-order valence-corrected chi connectivity index (χ1v) is 5.04. The van der Waals surface area contributed by atoms with Gasteiger partial charge in [-0.05, 0) is 19.8 Å². The maximum absolute atomic E-state index is 11.7. The standard InChI is InChI=1S/C9H14N4O2/c1-6(8-10-5-11-13-8)12-9(14)7-3-2-4-15-7/h5-7H,2-4H2,1H3,(H,12,14)(H,10,11,13)/t6?,7-/m1/s1. The highest BCUT2D eigenvalue weighted by Crippen LogP contribution is 2.13. The summed E-state index contributed by atoms with van der Waals surface area (Å²) in [5.74, 6) is 0.581. The summed E-state index contributed by atoms with van der Waals surface area (Å²) < 4.78 is 5.27. The molecule has 1 aliphatic rings. The average molecular weight is 210 g/mol. The molecule has 15 heavy (non-hydrogen) atoms. The van der Waals surface area contributed by atoms with Crippen LogP contribution in [0.4, 0.5) is 0 Å². The van der Waals surface area contributed by atoms with Crippen LogP contribution in [0.1, 0.15) is 31.6 Å². The van der Waals surface area contributed by atoms with Crippen LogP contribution in [-0.2, 0) is 9.53 Å². The van der Waals surface area contributed by atoms with Crippen molar-refractivity contribution in [1.29, 1.82) is 0 Å². The van der Waals surface area contributed by atoms with Crippen molar-refractivity contribution >= 4 is 5.91 Å². The highest BCUT2D eigenvalue weighted by molar-refractivity contribution is 5.81. The molecule has 0 aromatic carbocycles. The molecule has 1 amide bonds. The third-order valence-electron chi connectivity index (χ3n) is 2.42. The van der Waals surface area contributed by atoms with E-state index in [2.05, 4.69) is 20.5 Å². The number of amides is 1. The first-order valence-electron chi connectivity index (χ1n) is 5.04. The highest BCUT2D eigenvalue weighted by atomic mass is 16.5. The monoisotopic (exact) mass is 210 g/mol. The highest BCUT2D eigenvalue weighted by Gasteiger charge is 2.25. The van der Waals surface area contributed by atoms with E-state index in [1.165, 1.54) is 6.33 Å². The van der Waals surface area contributed by atoms with E-state index in [0.29, 0.717) is 12.4 Å². The van der Waals surface area contributed by atoms with Crippen molar-refractivity contribution in [3.05, 3.63) is 12.2 Å². The minimum absolute atomic E-state index is 0.0728. The summed E-state index contributed by atoms with van der Waals surface area (Å²) in [6, 6.07) is -0.163. The van der Waals surface area contributed by atoms with Gasteiger partial charge in [0.05, 0.1) is 6.04 Å². The van der Waals surface area contributed by atoms with Crippen LogP contribution < -0.4 is 5.32 Å². The number of hydrogen-bond acceptors (Lipinski definition) is 4. The molecule has 0 spiro atoms. The molecule has 1 aromatic rings. The molecule has 1 aromatic heterocycles. The first kappa shape index (κ1) is 10.1. The Hall–Kier alpha value is -1.43. The predicted octanol–water partition coefficient (Wildman–Crippen LogP) is 0.161. The van der Waals surface area contributed by atoms with Gasteiger partial charge in [0.15, 0.2) is 0 Å². The van der Waals surface area contributed by atoms with Crippen LogP contribution in [-0.4, -0.2) is 33.8 Å². The van der Waals surface area contributed by atoms with Crippen LogP contribution in [0, 0.1) is 0 Å². The summed E-state index contributed by atoms with van der Waals surface area (Å²) in [5.41, 5.74) is 0. The summed E-state index contributed by atoms with van der Waals surface area (Å²) in [6.45, 7) is 2.53. The van der Waals surface area contributed by atoms with E-state index in [1.807, 2.05) is 6.92 Å². The lowest BCUT2D eigenvalue weighted by atomic mass is 10.2. The van der Waals surface area contributed by atoms with E-state index in [0.717, 1.165) is 12.8 Å². The molecule has 1 aliphatic heterocycles. The van der Waals surface area contributed by atoms with Crippen LogP contribution in [0.3, 0.4) is 0 Å². The second-order valence-electron chi connectivity index (χ2n) is 3.60. The molecule has 2 N–H and O–H groups in total. The SMILES string of the molecule is CC(NC(=O)[C@H]1CCCO1)c1ncn[nH]1. The van der Waals surface area contributed by atoms with E-state index >= 15 is 0 Å². The molecule has 0 bridgehead atoms. The molecule has 1 fully saturated rings. The Morgan fingerprint density at radius 2 is 2.67 bits per heavy atom. The number of carbonyl (C=O) groups excluding carboxylic acids is 1. The molecule has 0 aliphatic carbocycles. The van der Waals surface area contributed by atoms with Gasteiger partial charge in [-0.3, -0.25) is 9.89 Å². The fourth-order valence-corrected chi connectivity index (χ4v) is 1.58. The van der Waals surface area contributed by atoms with Gasteiger partial charge in [-0.2, -0.15) is 5.10 Å². The third-order valence-corrected chi connectivity index (χ3v) is 2.42. The van der Waals surface area contributed by atoms with Crippen LogP contribution in [0.15, 0.2) is 6.33 Å². The molecular weight excluding hydrogens is 196 g/mol. The lowest BCUT2D eigenvalue weighted by Crippen LogP contribution is -2.36. The van der Waals surface area contributed by atoms with Crippen molar-refractivity contribution in [2.45, 2.75) is 31.9 Å². The van der Waals surface area contributed by atoms with E-state index in [4.69, 9.17) is 4.74 Å². The summed E-state index contributed by atoms with van der Waals surface area (Å²) in [5, 5.41) is 9.27. The zero-order valence-corrected chi connectivity index (χ0v) is 8.56. The smallest absolute Gasteiger partial charge is 0.249 e. The van der Waals surface area contributed by atoms with Gasteiger partial charge < -0.3 is 10.1 Å². The Bertz CT molecular complexity index is 319. The fourth-order valence-electron chi connectivity index (χ4n) is 1.58. The van der Waals surface area contributed by atoms with Crippen LogP contribution in [0.2, 0.25) is 0 Å². The van der Waals surface area contributed by atoms with Gasteiger partial charge >= 0.3 is 0 Å². The molecule has 2 rings (SSSR count). The zero-order chi connectivity index (χ0) is 10.7. The maximum atomic E-state index is 11.7. The van der Waals surface area contributed by atoms with Gasteiger partial charge in [-0.25, -0.2) is 4.98 Å². The summed E-state index contributed by atoms with van der Waals surface area (Å²) in [4.78, 5) is 15.6. The molecule has 2 heterocycles. The predicted molar refractivity (Wildman–Crippen MR) is 51.9 cm³/mol. The van der Waals surface area contributed by atoms with Crippen molar-refractivity contribution in [3.8, 4) is 0 Å². The molecule has 6 heteroatoms. The molecular formula is C9H14N4O2. The number of rotatable bonds is 3. The van der Waals surface area contributed by atoms with Crippen molar-refractivity contribution in [2.75, 3.05) is 6.61 Å². The van der Waals surface area contributed by atoms with Crippen molar-refractivity contribution < 1.29 is 9.53 Å². The van der Waals surface area contributed by atoms with Gasteiger partial charge in [0, 0.05) is 6.61 Å².